The van der Waals surface area contributed by atoms with E-state index >= 15 is 0 Å². The molecule has 0 amide bonds. The Morgan fingerprint density at radius 3 is 1.46 bits per heavy atom. The Hall–Kier alpha value is -0.100. The minimum absolute atomic E-state index is 0. The van der Waals surface area contributed by atoms with Crippen LogP contribution >= 0.6 is 56.7 Å². The van der Waals surface area contributed by atoms with Crippen LogP contribution in [-0.4, -0.2) is 12.1 Å². The van der Waals surface area contributed by atoms with Crippen molar-refractivity contribution in [3.63, 3.8) is 0 Å². The quantitative estimate of drug-likeness (QED) is 0.467. The van der Waals surface area contributed by atoms with Crippen LogP contribution in [0.3, 0.4) is 0 Å². The minimum atomic E-state index is 0. The Morgan fingerprint density at radius 1 is 0.692 bits per heavy atom. The van der Waals surface area contributed by atoms with Crippen LogP contribution in [-0.2, 0) is 13.1 Å². The van der Waals surface area contributed by atoms with Gasteiger partial charge in [0.25, 0.3) is 0 Å². The fourth-order valence-electron chi connectivity index (χ4n) is 3.39. The Balaban J connectivity index is 0.00000169. The van der Waals surface area contributed by atoms with Gasteiger partial charge in [-0.3, -0.25) is 0 Å². The fourth-order valence-corrected chi connectivity index (χ4v) is 4.24. The average molecular weight is 525 g/mol. The van der Waals surface area contributed by atoms with Gasteiger partial charge < -0.3 is 10.6 Å². The molecule has 0 radical (unpaired) electrons. The SMILES string of the molecule is Brc1ccccc1CNC1CCCCC1NCc1ccccc1Br.Cl.Cl. The molecule has 1 saturated carbocycles. The smallest absolute Gasteiger partial charge is 0.0224 e. The van der Waals surface area contributed by atoms with E-state index in [9.17, 15) is 0 Å². The Bertz CT molecular complexity index is 612. The second-order valence-electron chi connectivity index (χ2n) is 6.44. The molecule has 2 atom stereocenters. The third-order valence-electron chi connectivity index (χ3n) is 4.79. The number of benzene rings is 2. The van der Waals surface area contributed by atoms with Crippen LogP contribution in [0.2, 0.25) is 0 Å². The zero-order valence-electron chi connectivity index (χ0n) is 14.6. The van der Waals surface area contributed by atoms with Gasteiger partial charge in [-0.2, -0.15) is 0 Å². The topological polar surface area (TPSA) is 24.1 Å². The first-order chi connectivity index (χ1) is 11.7. The third-order valence-corrected chi connectivity index (χ3v) is 6.34. The fraction of sp³-hybridized carbons (Fsp3) is 0.400. The van der Waals surface area contributed by atoms with Crippen molar-refractivity contribution in [1.82, 2.24) is 10.6 Å². The minimum Gasteiger partial charge on any atom is -0.308 e. The van der Waals surface area contributed by atoms with Gasteiger partial charge in [0.15, 0.2) is 0 Å². The van der Waals surface area contributed by atoms with Gasteiger partial charge in [0, 0.05) is 34.1 Å². The lowest BCUT2D eigenvalue weighted by Gasteiger charge is -2.33. The number of hydrogen-bond acceptors (Lipinski definition) is 2. The van der Waals surface area contributed by atoms with Crippen LogP contribution in [0.5, 0.6) is 0 Å². The second kappa shape index (κ2) is 12.4. The summed E-state index contributed by atoms with van der Waals surface area (Å²) in [4.78, 5) is 0. The van der Waals surface area contributed by atoms with E-state index in [2.05, 4.69) is 91.0 Å². The molecular weight excluding hydrogens is 499 g/mol. The standard InChI is InChI=1S/C20H24Br2N2.2ClH/c21-17-9-3-1-7-15(17)13-23-19-11-5-6-12-20(19)24-14-16-8-2-4-10-18(16)22;;/h1-4,7-10,19-20,23-24H,5-6,11-14H2;2*1H. The Morgan fingerprint density at radius 2 is 1.08 bits per heavy atom. The molecule has 6 heteroatoms. The van der Waals surface area contributed by atoms with Crippen LogP contribution in [0.15, 0.2) is 57.5 Å². The van der Waals surface area contributed by atoms with Crippen LogP contribution in [0.1, 0.15) is 36.8 Å². The molecule has 3 rings (SSSR count). The largest absolute Gasteiger partial charge is 0.308 e. The normalized spacial score (nSPS) is 19.3. The molecule has 0 heterocycles. The van der Waals surface area contributed by atoms with Crippen molar-refractivity contribution in [2.75, 3.05) is 0 Å². The van der Waals surface area contributed by atoms with Gasteiger partial charge in [-0.05, 0) is 36.1 Å². The summed E-state index contributed by atoms with van der Waals surface area (Å²) in [6.07, 6.45) is 5.14. The lowest BCUT2D eigenvalue weighted by molar-refractivity contribution is 0.281. The van der Waals surface area contributed by atoms with E-state index in [0.717, 1.165) is 13.1 Å². The first kappa shape index (κ1) is 23.9. The highest BCUT2D eigenvalue weighted by molar-refractivity contribution is 9.10. The number of nitrogens with one attached hydrogen (secondary N) is 2. The molecule has 2 aromatic carbocycles. The van der Waals surface area contributed by atoms with Gasteiger partial charge in [-0.15, -0.1) is 24.8 Å². The van der Waals surface area contributed by atoms with E-state index in [0.29, 0.717) is 12.1 Å². The van der Waals surface area contributed by atoms with Crippen molar-refractivity contribution < 1.29 is 0 Å². The highest BCUT2D eigenvalue weighted by atomic mass is 79.9. The summed E-state index contributed by atoms with van der Waals surface area (Å²) < 4.78 is 2.37. The molecule has 0 saturated heterocycles. The number of hydrogen-bond donors (Lipinski definition) is 2. The summed E-state index contributed by atoms with van der Waals surface area (Å²) in [7, 11) is 0. The van der Waals surface area contributed by atoms with Crippen LogP contribution in [0.4, 0.5) is 0 Å². The molecule has 0 aromatic heterocycles. The third kappa shape index (κ3) is 6.81. The summed E-state index contributed by atoms with van der Waals surface area (Å²) in [5, 5.41) is 7.55. The zero-order chi connectivity index (χ0) is 16.8. The molecule has 0 bridgehead atoms. The van der Waals surface area contributed by atoms with Crippen LogP contribution < -0.4 is 10.6 Å². The molecule has 1 aliphatic carbocycles. The number of halogens is 4. The van der Waals surface area contributed by atoms with E-state index in [-0.39, 0.29) is 24.8 Å². The molecule has 26 heavy (non-hydrogen) atoms. The molecule has 2 N–H and O–H groups in total. The van der Waals surface area contributed by atoms with Crippen molar-refractivity contribution in [2.24, 2.45) is 0 Å². The van der Waals surface area contributed by atoms with E-state index < -0.39 is 0 Å². The average Bonchev–Trinajstić information content (AvgIpc) is 2.61. The lowest BCUT2D eigenvalue weighted by atomic mass is 9.90. The van der Waals surface area contributed by atoms with Gasteiger partial charge in [-0.1, -0.05) is 81.1 Å². The summed E-state index contributed by atoms with van der Waals surface area (Å²) >= 11 is 7.29. The Labute approximate surface area is 186 Å². The van der Waals surface area contributed by atoms with Gasteiger partial charge >= 0.3 is 0 Å². The van der Waals surface area contributed by atoms with Gasteiger partial charge in [-0.25, -0.2) is 0 Å². The highest BCUT2D eigenvalue weighted by Gasteiger charge is 2.24. The number of rotatable bonds is 6. The van der Waals surface area contributed by atoms with E-state index in [1.807, 2.05) is 0 Å². The summed E-state index contributed by atoms with van der Waals surface area (Å²) in [5.74, 6) is 0. The van der Waals surface area contributed by atoms with Crippen molar-refractivity contribution >= 4 is 56.7 Å². The van der Waals surface area contributed by atoms with E-state index in [1.165, 1.54) is 45.8 Å². The zero-order valence-corrected chi connectivity index (χ0v) is 19.4. The molecule has 1 aliphatic rings. The van der Waals surface area contributed by atoms with Crippen molar-refractivity contribution in [3.8, 4) is 0 Å². The first-order valence-electron chi connectivity index (χ1n) is 8.67. The Kier molecular flexibility index (Phi) is 11.4. The van der Waals surface area contributed by atoms with Crippen molar-refractivity contribution in [2.45, 2.75) is 50.9 Å². The molecule has 2 aromatic rings. The molecule has 1 fully saturated rings. The molecule has 0 spiro atoms. The first-order valence-corrected chi connectivity index (χ1v) is 10.3. The van der Waals surface area contributed by atoms with Crippen LogP contribution in [0.25, 0.3) is 0 Å². The predicted molar refractivity (Wildman–Crippen MR) is 123 cm³/mol. The summed E-state index contributed by atoms with van der Waals surface area (Å²) in [5.41, 5.74) is 2.65. The van der Waals surface area contributed by atoms with Crippen molar-refractivity contribution in [3.05, 3.63) is 68.6 Å². The van der Waals surface area contributed by atoms with Crippen LogP contribution in [0, 0.1) is 0 Å². The maximum atomic E-state index is 3.78. The van der Waals surface area contributed by atoms with E-state index in [1.54, 1.807) is 0 Å². The summed E-state index contributed by atoms with van der Waals surface area (Å²) in [6, 6.07) is 18.0. The predicted octanol–water partition coefficient (Wildman–Crippen LogP) is 6.25. The molecule has 2 unspecified atom stereocenters. The second-order valence-corrected chi connectivity index (χ2v) is 8.15. The van der Waals surface area contributed by atoms with Gasteiger partial charge in [0.1, 0.15) is 0 Å². The van der Waals surface area contributed by atoms with Crippen molar-refractivity contribution in [1.29, 1.82) is 0 Å². The molecule has 0 aliphatic heterocycles. The maximum absolute atomic E-state index is 3.78. The lowest BCUT2D eigenvalue weighted by Crippen LogP contribution is -2.49. The summed E-state index contributed by atoms with van der Waals surface area (Å²) in [6.45, 7) is 1.83. The van der Waals surface area contributed by atoms with E-state index in [4.69, 9.17) is 0 Å². The van der Waals surface area contributed by atoms with Gasteiger partial charge in [0.05, 0.1) is 0 Å². The van der Waals surface area contributed by atoms with Gasteiger partial charge in [0.2, 0.25) is 0 Å². The molecular formula is C20H26Br2Cl2N2. The maximum Gasteiger partial charge on any atom is 0.0224 e. The monoisotopic (exact) mass is 522 g/mol. The molecule has 144 valence electrons. The molecule has 2 nitrogen and oxygen atoms in total. The highest BCUT2D eigenvalue weighted by Crippen LogP contribution is 2.22.